The first kappa shape index (κ1) is 25.6. The molecule has 0 fully saturated rings. The van der Waals surface area contributed by atoms with Gasteiger partial charge in [-0.25, -0.2) is 0 Å². The summed E-state index contributed by atoms with van der Waals surface area (Å²) >= 11 is 6.53. The first-order valence-corrected chi connectivity index (χ1v) is 12.8. The molecule has 1 N–H and O–H groups in total. The molecular formula is C32H29ClN2O3. The van der Waals surface area contributed by atoms with E-state index >= 15 is 0 Å². The Labute approximate surface area is 228 Å². The number of anilines is 2. The molecule has 5 nitrogen and oxygen atoms in total. The van der Waals surface area contributed by atoms with Crippen molar-refractivity contribution in [3.8, 4) is 5.75 Å². The molecule has 1 atom stereocenters. The predicted molar refractivity (Wildman–Crippen MR) is 152 cm³/mol. The zero-order chi connectivity index (χ0) is 27.0. The summed E-state index contributed by atoms with van der Waals surface area (Å²) in [6.45, 7) is 5.81. The fourth-order valence-electron chi connectivity index (χ4n) is 5.63. The lowest BCUT2D eigenvalue weighted by atomic mass is 9.69. The van der Waals surface area contributed by atoms with Crippen LogP contribution in [0.5, 0.6) is 5.75 Å². The molecule has 1 aliphatic rings. The summed E-state index contributed by atoms with van der Waals surface area (Å²) in [5.74, 6) is 0.591. The SMILES string of the molecule is COc1c(C)cc(C2(c3ccc(NC(C)=O)cc3)C(=O)N(Cc3ccccc3Cl)c3ccccc32)cc1C. The highest BCUT2D eigenvalue weighted by atomic mass is 35.5. The number of amides is 2. The first-order chi connectivity index (χ1) is 18.3. The summed E-state index contributed by atoms with van der Waals surface area (Å²) in [6, 6.07) is 27.1. The molecule has 2 amide bonds. The summed E-state index contributed by atoms with van der Waals surface area (Å²) in [6.07, 6.45) is 0. The van der Waals surface area contributed by atoms with Gasteiger partial charge in [0.2, 0.25) is 11.8 Å². The second-order valence-electron chi connectivity index (χ2n) is 9.65. The van der Waals surface area contributed by atoms with Crippen molar-refractivity contribution >= 4 is 34.8 Å². The summed E-state index contributed by atoms with van der Waals surface area (Å²) < 4.78 is 5.64. The molecule has 0 saturated carbocycles. The van der Waals surface area contributed by atoms with Crippen molar-refractivity contribution in [1.82, 2.24) is 0 Å². The Kier molecular flexibility index (Phi) is 6.72. The number of nitrogens with one attached hydrogen (secondary N) is 1. The molecular weight excluding hydrogens is 496 g/mol. The van der Waals surface area contributed by atoms with Gasteiger partial charge in [-0.15, -0.1) is 0 Å². The fourth-order valence-corrected chi connectivity index (χ4v) is 5.82. The number of ether oxygens (including phenoxy) is 1. The van der Waals surface area contributed by atoms with E-state index in [0.717, 1.165) is 44.8 Å². The Balaban J connectivity index is 1.77. The molecule has 0 saturated heterocycles. The quantitative estimate of drug-likeness (QED) is 0.301. The van der Waals surface area contributed by atoms with Crippen LogP contribution in [0, 0.1) is 13.8 Å². The van der Waals surface area contributed by atoms with Crippen LogP contribution in [0.15, 0.2) is 84.9 Å². The molecule has 192 valence electrons. The van der Waals surface area contributed by atoms with Crippen LogP contribution in [0.3, 0.4) is 0 Å². The van der Waals surface area contributed by atoms with Crippen molar-refractivity contribution in [1.29, 1.82) is 0 Å². The van der Waals surface area contributed by atoms with Crippen molar-refractivity contribution in [2.75, 3.05) is 17.3 Å². The number of methoxy groups -OCH3 is 1. The van der Waals surface area contributed by atoms with Crippen molar-refractivity contribution in [2.24, 2.45) is 0 Å². The topological polar surface area (TPSA) is 58.6 Å². The molecule has 1 aliphatic heterocycles. The largest absolute Gasteiger partial charge is 0.496 e. The van der Waals surface area contributed by atoms with Gasteiger partial charge in [0, 0.05) is 28.9 Å². The number of fused-ring (bicyclic) bond motifs is 1. The zero-order valence-corrected chi connectivity index (χ0v) is 22.6. The third-order valence-electron chi connectivity index (χ3n) is 7.19. The first-order valence-electron chi connectivity index (χ1n) is 12.5. The normalized spacial score (nSPS) is 16.3. The van der Waals surface area contributed by atoms with Crippen LogP contribution in [-0.4, -0.2) is 18.9 Å². The van der Waals surface area contributed by atoms with Crippen molar-refractivity contribution in [3.63, 3.8) is 0 Å². The zero-order valence-electron chi connectivity index (χ0n) is 21.8. The maximum atomic E-state index is 14.8. The molecule has 6 heteroatoms. The smallest absolute Gasteiger partial charge is 0.247 e. The lowest BCUT2D eigenvalue weighted by Gasteiger charge is -2.31. The van der Waals surface area contributed by atoms with Crippen LogP contribution < -0.4 is 15.0 Å². The second-order valence-corrected chi connectivity index (χ2v) is 10.1. The maximum absolute atomic E-state index is 14.8. The Morgan fingerprint density at radius 3 is 2.18 bits per heavy atom. The van der Waals surface area contributed by atoms with Gasteiger partial charge in [-0.1, -0.05) is 72.3 Å². The van der Waals surface area contributed by atoms with Crippen LogP contribution in [-0.2, 0) is 21.5 Å². The van der Waals surface area contributed by atoms with Gasteiger partial charge in [-0.2, -0.15) is 0 Å². The van der Waals surface area contributed by atoms with E-state index in [1.165, 1.54) is 6.92 Å². The summed E-state index contributed by atoms with van der Waals surface area (Å²) in [5, 5.41) is 3.44. The molecule has 0 aromatic heterocycles. The number of carbonyl (C=O) groups is 2. The van der Waals surface area contributed by atoms with E-state index in [2.05, 4.69) is 5.32 Å². The van der Waals surface area contributed by atoms with Crippen LogP contribution in [0.2, 0.25) is 5.02 Å². The van der Waals surface area contributed by atoms with E-state index in [1.807, 2.05) is 104 Å². The molecule has 4 aromatic rings. The summed E-state index contributed by atoms with van der Waals surface area (Å²) in [5.41, 5.74) is 5.76. The van der Waals surface area contributed by atoms with E-state index < -0.39 is 5.41 Å². The average Bonchev–Trinajstić information content (AvgIpc) is 3.14. The van der Waals surface area contributed by atoms with Gasteiger partial charge in [0.05, 0.1) is 13.7 Å². The lowest BCUT2D eigenvalue weighted by Crippen LogP contribution is -2.42. The number of halogens is 1. The van der Waals surface area contributed by atoms with E-state index in [1.54, 1.807) is 7.11 Å². The standard InChI is InChI=1S/C32H29ClN2O3/c1-20-17-25(18-21(2)30(20)38-4)32(24-13-15-26(16-14-24)34-22(3)36)27-10-6-8-12-29(27)35(31(32)37)19-23-9-5-7-11-28(23)33/h5-18H,19H2,1-4H3,(H,34,36). The minimum absolute atomic E-state index is 0.0603. The number of benzene rings is 4. The number of para-hydroxylation sites is 1. The summed E-state index contributed by atoms with van der Waals surface area (Å²) in [4.78, 5) is 28.3. The highest BCUT2D eigenvalue weighted by molar-refractivity contribution is 6.31. The minimum Gasteiger partial charge on any atom is -0.496 e. The molecule has 4 aromatic carbocycles. The number of hydrogen-bond acceptors (Lipinski definition) is 3. The van der Waals surface area contributed by atoms with Crippen molar-refractivity contribution in [2.45, 2.75) is 32.7 Å². The van der Waals surface area contributed by atoms with Crippen LogP contribution in [0.1, 0.15) is 40.3 Å². The number of nitrogens with zero attached hydrogens (tertiary/aromatic N) is 1. The molecule has 0 aliphatic carbocycles. The Morgan fingerprint density at radius 2 is 1.55 bits per heavy atom. The summed E-state index contributed by atoms with van der Waals surface area (Å²) in [7, 11) is 1.66. The van der Waals surface area contributed by atoms with Gasteiger partial charge in [0.1, 0.15) is 11.2 Å². The molecule has 5 rings (SSSR count). The van der Waals surface area contributed by atoms with Gasteiger partial charge >= 0.3 is 0 Å². The van der Waals surface area contributed by atoms with Gasteiger partial charge in [0.15, 0.2) is 0 Å². The second kappa shape index (κ2) is 9.99. The van der Waals surface area contributed by atoms with E-state index in [4.69, 9.17) is 16.3 Å². The molecule has 1 heterocycles. The fraction of sp³-hybridized carbons (Fsp3) is 0.188. The van der Waals surface area contributed by atoms with Gasteiger partial charge < -0.3 is 15.0 Å². The number of aryl methyl sites for hydroxylation is 2. The third-order valence-corrected chi connectivity index (χ3v) is 7.56. The van der Waals surface area contributed by atoms with Gasteiger partial charge in [-0.3, -0.25) is 9.59 Å². The van der Waals surface area contributed by atoms with E-state index in [9.17, 15) is 9.59 Å². The molecule has 0 bridgehead atoms. The molecule has 38 heavy (non-hydrogen) atoms. The predicted octanol–water partition coefficient (Wildman–Crippen LogP) is 6.81. The van der Waals surface area contributed by atoms with Crippen LogP contribution in [0.25, 0.3) is 0 Å². The van der Waals surface area contributed by atoms with Crippen molar-refractivity contribution < 1.29 is 14.3 Å². The third kappa shape index (κ3) is 4.13. The Morgan fingerprint density at radius 1 is 0.921 bits per heavy atom. The Bertz CT molecular complexity index is 1520. The maximum Gasteiger partial charge on any atom is 0.247 e. The van der Waals surface area contributed by atoms with E-state index in [0.29, 0.717) is 17.3 Å². The highest BCUT2D eigenvalue weighted by Gasteiger charge is 2.53. The van der Waals surface area contributed by atoms with E-state index in [-0.39, 0.29) is 11.8 Å². The average molecular weight is 525 g/mol. The Hall–Kier alpha value is -4.09. The van der Waals surface area contributed by atoms with Crippen LogP contribution in [0.4, 0.5) is 11.4 Å². The number of hydrogen-bond donors (Lipinski definition) is 1. The monoisotopic (exact) mass is 524 g/mol. The highest BCUT2D eigenvalue weighted by Crippen LogP contribution is 2.52. The molecule has 1 unspecified atom stereocenters. The van der Waals surface area contributed by atoms with Crippen LogP contribution >= 0.6 is 11.6 Å². The molecule has 0 radical (unpaired) electrons. The minimum atomic E-state index is -1.10. The van der Waals surface area contributed by atoms with Crippen molar-refractivity contribution in [3.05, 3.63) is 123 Å². The van der Waals surface area contributed by atoms with Gasteiger partial charge in [0.25, 0.3) is 0 Å². The molecule has 0 spiro atoms. The van der Waals surface area contributed by atoms with Gasteiger partial charge in [-0.05, 0) is 65.9 Å². The number of rotatable bonds is 6. The number of carbonyl (C=O) groups excluding carboxylic acids is 2. The lowest BCUT2D eigenvalue weighted by molar-refractivity contribution is -0.121.